The van der Waals surface area contributed by atoms with Crippen molar-refractivity contribution in [2.75, 3.05) is 5.32 Å². The molecule has 36 heavy (non-hydrogen) atoms. The van der Waals surface area contributed by atoms with Crippen LogP contribution in [0.4, 0.5) is 10.8 Å². The molecule has 0 saturated heterocycles. The number of pyridine rings is 1. The summed E-state index contributed by atoms with van der Waals surface area (Å²) in [6.07, 6.45) is 0. The molecule has 3 aromatic carbocycles. The zero-order chi connectivity index (χ0) is 25.4. The van der Waals surface area contributed by atoms with Crippen LogP contribution in [0.3, 0.4) is 0 Å². The lowest BCUT2D eigenvalue weighted by molar-refractivity contribution is -0.384. The van der Waals surface area contributed by atoms with E-state index in [4.69, 9.17) is 28.2 Å². The van der Waals surface area contributed by atoms with Crippen molar-refractivity contribution in [3.05, 3.63) is 103 Å². The third-order valence-electron chi connectivity index (χ3n) is 5.65. The molecular weight excluding hydrogens is 519 g/mol. The number of nitrogens with one attached hydrogen (secondary N) is 1. The van der Waals surface area contributed by atoms with Gasteiger partial charge in [0.1, 0.15) is 0 Å². The number of hydrogen-bond donors (Lipinski definition) is 1. The Morgan fingerprint density at radius 1 is 1.03 bits per heavy atom. The first-order valence-corrected chi connectivity index (χ1v) is 12.3. The van der Waals surface area contributed by atoms with Gasteiger partial charge < -0.3 is 0 Å². The second-order valence-corrected chi connectivity index (χ2v) is 9.60. The highest BCUT2D eigenvalue weighted by molar-refractivity contribution is 7.14. The van der Waals surface area contributed by atoms with Crippen molar-refractivity contribution in [1.82, 2.24) is 9.97 Å². The van der Waals surface area contributed by atoms with Crippen LogP contribution in [-0.2, 0) is 0 Å². The molecule has 0 radical (unpaired) electrons. The van der Waals surface area contributed by atoms with Crippen LogP contribution < -0.4 is 5.32 Å². The van der Waals surface area contributed by atoms with Crippen LogP contribution in [-0.4, -0.2) is 20.8 Å². The number of carbonyl (C=O) groups excluding carboxylic acids is 1. The van der Waals surface area contributed by atoms with Crippen molar-refractivity contribution in [2.24, 2.45) is 0 Å². The number of para-hydroxylation sites is 1. The summed E-state index contributed by atoms with van der Waals surface area (Å²) in [5.41, 5.74) is 4.37. The fourth-order valence-corrected chi connectivity index (χ4v) is 5.13. The van der Waals surface area contributed by atoms with Crippen LogP contribution in [0.25, 0.3) is 33.4 Å². The van der Waals surface area contributed by atoms with Crippen molar-refractivity contribution in [2.45, 2.75) is 6.92 Å². The number of carbonyl (C=O) groups is 1. The van der Waals surface area contributed by atoms with Crippen LogP contribution in [0.2, 0.25) is 10.0 Å². The first-order chi connectivity index (χ1) is 17.3. The van der Waals surface area contributed by atoms with E-state index in [-0.39, 0.29) is 11.6 Å². The van der Waals surface area contributed by atoms with Gasteiger partial charge in [0, 0.05) is 39.0 Å². The number of fused-ring (bicyclic) bond motifs is 1. The lowest BCUT2D eigenvalue weighted by Crippen LogP contribution is -2.15. The molecule has 0 aliphatic rings. The van der Waals surface area contributed by atoms with Gasteiger partial charge in [-0.1, -0.05) is 41.4 Å². The van der Waals surface area contributed by atoms with E-state index in [1.165, 1.54) is 23.5 Å². The summed E-state index contributed by atoms with van der Waals surface area (Å²) < 4.78 is 0. The van der Waals surface area contributed by atoms with E-state index >= 15 is 0 Å². The number of nitrogens with zero attached hydrogens (tertiary/aromatic N) is 3. The maximum absolute atomic E-state index is 13.5. The van der Waals surface area contributed by atoms with Gasteiger partial charge in [0.05, 0.1) is 32.4 Å². The van der Waals surface area contributed by atoms with Crippen LogP contribution in [0, 0.1) is 17.0 Å². The van der Waals surface area contributed by atoms with Gasteiger partial charge in [-0.25, -0.2) is 9.97 Å². The number of nitro benzene ring substituents is 1. The molecule has 5 rings (SSSR count). The Kier molecular flexibility index (Phi) is 6.40. The highest BCUT2D eigenvalue weighted by atomic mass is 35.5. The normalized spacial score (nSPS) is 11.0. The van der Waals surface area contributed by atoms with E-state index in [0.29, 0.717) is 59.7 Å². The standard InChI is InChI=1S/C26H16Cl2N4O3S/c1-14-23(19-4-2-3-5-21(19)29-24(14)18-11-8-16(27)12-20(18)28)25(33)31-26-30-22(13-36-26)15-6-9-17(10-7-15)32(34)35/h2-13H,1H3,(H,30,31,33). The van der Waals surface area contributed by atoms with Gasteiger partial charge in [0.25, 0.3) is 11.6 Å². The molecule has 1 N–H and O–H groups in total. The molecule has 7 nitrogen and oxygen atoms in total. The Bertz CT molecular complexity index is 1650. The average Bonchev–Trinajstić information content (AvgIpc) is 3.32. The Hall–Kier alpha value is -3.85. The van der Waals surface area contributed by atoms with E-state index in [2.05, 4.69) is 10.3 Å². The Labute approximate surface area is 219 Å². The Morgan fingerprint density at radius 3 is 2.50 bits per heavy atom. The van der Waals surface area contributed by atoms with Crippen molar-refractivity contribution in [1.29, 1.82) is 0 Å². The van der Waals surface area contributed by atoms with Gasteiger partial charge in [-0.2, -0.15) is 0 Å². The zero-order valence-corrected chi connectivity index (χ0v) is 21.0. The summed E-state index contributed by atoms with van der Waals surface area (Å²) in [5, 5.41) is 17.6. The largest absolute Gasteiger partial charge is 0.298 e. The van der Waals surface area contributed by atoms with Gasteiger partial charge >= 0.3 is 0 Å². The number of benzene rings is 3. The molecule has 0 unspecified atom stereocenters. The number of halogens is 2. The van der Waals surface area contributed by atoms with Gasteiger partial charge in [-0.05, 0) is 48.9 Å². The van der Waals surface area contributed by atoms with Crippen molar-refractivity contribution in [3.8, 4) is 22.5 Å². The van der Waals surface area contributed by atoms with Gasteiger partial charge in [0.15, 0.2) is 5.13 Å². The quantitative estimate of drug-likeness (QED) is 0.183. The number of thiazole rings is 1. The lowest BCUT2D eigenvalue weighted by atomic mass is 9.97. The van der Waals surface area contributed by atoms with Crippen LogP contribution in [0.15, 0.2) is 72.1 Å². The molecule has 1 amide bonds. The number of amides is 1. The number of aromatic nitrogens is 2. The van der Waals surface area contributed by atoms with Gasteiger partial charge in [-0.15, -0.1) is 11.3 Å². The minimum Gasteiger partial charge on any atom is -0.298 e. The molecule has 0 saturated carbocycles. The molecular formula is C26H16Cl2N4O3S. The third kappa shape index (κ3) is 4.54. The highest BCUT2D eigenvalue weighted by Crippen LogP contribution is 2.35. The van der Waals surface area contributed by atoms with Crippen LogP contribution in [0.1, 0.15) is 15.9 Å². The molecule has 0 aliphatic carbocycles. The van der Waals surface area contributed by atoms with Crippen molar-refractivity contribution >= 4 is 62.2 Å². The first kappa shape index (κ1) is 23.9. The third-order valence-corrected chi connectivity index (χ3v) is 6.95. The monoisotopic (exact) mass is 534 g/mol. The first-order valence-electron chi connectivity index (χ1n) is 10.7. The smallest absolute Gasteiger partial charge is 0.269 e. The summed E-state index contributed by atoms with van der Waals surface area (Å²) in [6.45, 7) is 1.83. The number of anilines is 1. The summed E-state index contributed by atoms with van der Waals surface area (Å²) in [5.74, 6) is -0.331. The summed E-state index contributed by atoms with van der Waals surface area (Å²) in [7, 11) is 0. The Morgan fingerprint density at radius 2 is 1.78 bits per heavy atom. The molecule has 2 aromatic heterocycles. The fourth-order valence-electron chi connectivity index (χ4n) is 3.92. The highest BCUT2D eigenvalue weighted by Gasteiger charge is 2.21. The minimum absolute atomic E-state index is 0.000795. The number of rotatable bonds is 5. The van der Waals surface area contributed by atoms with Crippen molar-refractivity contribution in [3.63, 3.8) is 0 Å². The topological polar surface area (TPSA) is 98.0 Å². The number of non-ortho nitro benzene ring substituents is 1. The molecule has 0 bridgehead atoms. The van der Waals surface area contributed by atoms with Crippen LogP contribution >= 0.6 is 34.5 Å². The predicted octanol–water partition coefficient (Wildman–Crippen LogP) is 7.80. The minimum atomic E-state index is -0.455. The molecule has 5 aromatic rings. The number of nitro groups is 1. The molecule has 0 spiro atoms. The predicted molar refractivity (Wildman–Crippen MR) is 144 cm³/mol. The van der Waals surface area contributed by atoms with Gasteiger partial charge in [0.2, 0.25) is 0 Å². The summed E-state index contributed by atoms with van der Waals surface area (Å²) in [6, 6.07) is 18.7. The van der Waals surface area contributed by atoms with E-state index < -0.39 is 4.92 Å². The SMILES string of the molecule is Cc1c(-c2ccc(Cl)cc2Cl)nc2ccccc2c1C(=O)Nc1nc(-c2ccc([N+](=O)[O-])cc2)cs1. The molecule has 0 aliphatic heterocycles. The Balaban J connectivity index is 1.52. The van der Waals surface area contributed by atoms with E-state index in [0.717, 1.165) is 0 Å². The van der Waals surface area contributed by atoms with E-state index in [1.807, 2.05) is 31.2 Å². The second kappa shape index (κ2) is 9.66. The molecule has 10 heteroatoms. The maximum Gasteiger partial charge on any atom is 0.269 e. The lowest BCUT2D eigenvalue weighted by Gasteiger charge is -2.15. The molecule has 178 valence electrons. The summed E-state index contributed by atoms with van der Waals surface area (Å²) in [4.78, 5) is 33.3. The van der Waals surface area contributed by atoms with Crippen molar-refractivity contribution < 1.29 is 9.72 Å². The molecule has 0 atom stereocenters. The fraction of sp³-hybridized carbons (Fsp3) is 0.0385. The van der Waals surface area contributed by atoms with E-state index in [1.54, 1.807) is 35.7 Å². The number of hydrogen-bond acceptors (Lipinski definition) is 6. The van der Waals surface area contributed by atoms with E-state index in [9.17, 15) is 14.9 Å². The zero-order valence-electron chi connectivity index (χ0n) is 18.7. The molecule has 2 heterocycles. The average molecular weight is 535 g/mol. The second-order valence-electron chi connectivity index (χ2n) is 7.90. The summed E-state index contributed by atoms with van der Waals surface area (Å²) >= 11 is 13.8. The van der Waals surface area contributed by atoms with Crippen LogP contribution in [0.5, 0.6) is 0 Å². The molecule has 0 fully saturated rings. The van der Waals surface area contributed by atoms with Gasteiger partial charge in [-0.3, -0.25) is 20.2 Å². The maximum atomic E-state index is 13.5.